The number of fused-ring (bicyclic) bond motifs is 2. The maximum atomic E-state index is 4.41. The molecule has 0 aromatic heterocycles. The summed E-state index contributed by atoms with van der Waals surface area (Å²) < 4.78 is 0. The number of hydrogen-bond donors (Lipinski definition) is 0. The van der Waals surface area contributed by atoms with Crippen molar-refractivity contribution >= 4 is 0 Å². The molecule has 2 atom stereocenters. The van der Waals surface area contributed by atoms with Crippen LogP contribution in [0.25, 0.3) is 0 Å². The molecule has 0 aromatic rings. The van der Waals surface area contributed by atoms with Gasteiger partial charge in [0.25, 0.3) is 0 Å². The van der Waals surface area contributed by atoms with Gasteiger partial charge in [-0.3, -0.25) is 0 Å². The zero-order valence-electron chi connectivity index (χ0n) is 19.5. The molecule has 0 heterocycles. The smallest absolute Gasteiger partial charge is 0.0267 e. The van der Waals surface area contributed by atoms with Crippen LogP contribution in [0.3, 0.4) is 0 Å². The SMILES string of the molecule is C=C(CCC1=CC2C=C(CCCC3CC(C)C3)C=CC2=C1)C1=CC(=C)C2C=CC=CC2=C1. The Hall–Kier alpha value is -2.60. The first-order chi connectivity index (χ1) is 15.5. The highest BCUT2D eigenvalue weighted by Crippen LogP contribution is 2.39. The van der Waals surface area contributed by atoms with Crippen molar-refractivity contribution in [1.29, 1.82) is 0 Å². The third-order valence-electron chi connectivity index (χ3n) is 7.81. The number of rotatable bonds is 8. The van der Waals surface area contributed by atoms with Gasteiger partial charge in [-0.1, -0.05) is 104 Å². The largest absolute Gasteiger partial charge is 0.0952 e. The van der Waals surface area contributed by atoms with E-state index in [1.54, 1.807) is 0 Å². The minimum atomic E-state index is 0.340. The molecule has 5 aliphatic rings. The molecule has 0 saturated heterocycles. The van der Waals surface area contributed by atoms with Crippen molar-refractivity contribution in [3.8, 4) is 0 Å². The van der Waals surface area contributed by atoms with Gasteiger partial charge in [0, 0.05) is 11.8 Å². The molecule has 0 radical (unpaired) electrons. The Morgan fingerprint density at radius 1 is 0.938 bits per heavy atom. The summed E-state index contributed by atoms with van der Waals surface area (Å²) in [5, 5.41) is 0. The van der Waals surface area contributed by atoms with Crippen molar-refractivity contribution in [3.05, 3.63) is 119 Å². The lowest BCUT2D eigenvalue weighted by atomic mass is 9.73. The quantitative estimate of drug-likeness (QED) is 0.368. The molecule has 0 aliphatic heterocycles. The highest BCUT2D eigenvalue weighted by atomic mass is 14.3. The lowest BCUT2D eigenvalue weighted by molar-refractivity contribution is 0.196. The molecule has 5 aliphatic carbocycles. The van der Waals surface area contributed by atoms with Gasteiger partial charge in [-0.2, -0.15) is 0 Å². The van der Waals surface area contributed by atoms with Gasteiger partial charge in [-0.25, -0.2) is 0 Å². The second-order valence-corrected chi connectivity index (χ2v) is 10.5. The third-order valence-corrected chi connectivity index (χ3v) is 7.81. The molecular formula is C32H36. The minimum Gasteiger partial charge on any atom is -0.0952 e. The van der Waals surface area contributed by atoms with Crippen molar-refractivity contribution in [2.45, 2.75) is 51.9 Å². The van der Waals surface area contributed by atoms with Crippen LogP contribution in [-0.2, 0) is 0 Å². The van der Waals surface area contributed by atoms with Crippen molar-refractivity contribution in [3.63, 3.8) is 0 Å². The van der Waals surface area contributed by atoms with Gasteiger partial charge in [0.15, 0.2) is 0 Å². The first-order valence-electron chi connectivity index (χ1n) is 12.5. The lowest BCUT2D eigenvalue weighted by Gasteiger charge is -2.32. The van der Waals surface area contributed by atoms with Gasteiger partial charge in [0.2, 0.25) is 0 Å². The first-order valence-corrected chi connectivity index (χ1v) is 12.5. The van der Waals surface area contributed by atoms with E-state index < -0.39 is 0 Å². The van der Waals surface area contributed by atoms with Crippen molar-refractivity contribution in [1.82, 2.24) is 0 Å². The van der Waals surface area contributed by atoms with Crippen LogP contribution >= 0.6 is 0 Å². The molecule has 0 nitrogen and oxygen atoms in total. The Morgan fingerprint density at radius 2 is 1.78 bits per heavy atom. The molecule has 1 fully saturated rings. The summed E-state index contributed by atoms with van der Waals surface area (Å²) in [6.45, 7) is 11.1. The Morgan fingerprint density at radius 3 is 2.62 bits per heavy atom. The van der Waals surface area contributed by atoms with Crippen LogP contribution in [0.1, 0.15) is 51.9 Å². The molecular weight excluding hydrogens is 384 g/mol. The summed E-state index contributed by atoms with van der Waals surface area (Å²) >= 11 is 0. The monoisotopic (exact) mass is 420 g/mol. The Bertz CT molecular complexity index is 1050. The van der Waals surface area contributed by atoms with E-state index in [2.05, 4.69) is 86.9 Å². The second kappa shape index (κ2) is 9.10. The van der Waals surface area contributed by atoms with E-state index >= 15 is 0 Å². The fourth-order valence-electron chi connectivity index (χ4n) is 5.89. The molecule has 1 saturated carbocycles. The third kappa shape index (κ3) is 4.60. The predicted octanol–water partition coefficient (Wildman–Crippen LogP) is 8.68. The van der Waals surface area contributed by atoms with Crippen LogP contribution in [0.2, 0.25) is 0 Å². The molecule has 0 aromatic carbocycles. The van der Waals surface area contributed by atoms with Gasteiger partial charge < -0.3 is 0 Å². The van der Waals surface area contributed by atoms with Crippen molar-refractivity contribution in [2.75, 3.05) is 0 Å². The molecule has 0 spiro atoms. The van der Waals surface area contributed by atoms with Crippen LogP contribution < -0.4 is 0 Å². The van der Waals surface area contributed by atoms with Gasteiger partial charge >= 0.3 is 0 Å². The maximum absolute atomic E-state index is 4.41. The van der Waals surface area contributed by atoms with E-state index in [1.807, 2.05) is 0 Å². The Labute approximate surface area is 194 Å². The van der Waals surface area contributed by atoms with Gasteiger partial charge in [0.1, 0.15) is 0 Å². The molecule has 2 unspecified atom stereocenters. The lowest BCUT2D eigenvalue weighted by Crippen LogP contribution is -2.20. The molecule has 0 heteroatoms. The summed E-state index contributed by atoms with van der Waals surface area (Å²) in [6.07, 6.45) is 34.2. The van der Waals surface area contributed by atoms with Crippen LogP contribution in [0, 0.1) is 23.7 Å². The average Bonchev–Trinajstić information content (AvgIpc) is 3.18. The van der Waals surface area contributed by atoms with Crippen molar-refractivity contribution in [2.24, 2.45) is 23.7 Å². The number of allylic oxidation sites excluding steroid dienone is 18. The van der Waals surface area contributed by atoms with Crippen LogP contribution in [-0.4, -0.2) is 0 Å². The molecule has 5 rings (SSSR count). The first kappa shape index (κ1) is 21.3. The highest BCUT2D eigenvalue weighted by Gasteiger charge is 2.25. The normalized spacial score (nSPS) is 29.9. The maximum Gasteiger partial charge on any atom is 0.0267 e. The highest BCUT2D eigenvalue weighted by molar-refractivity contribution is 5.56. The zero-order chi connectivity index (χ0) is 22.1. The molecule has 0 amide bonds. The summed E-state index contributed by atoms with van der Waals surface area (Å²) in [6, 6.07) is 0. The summed E-state index contributed by atoms with van der Waals surface area (Å²) in [5.74, 6) is 2.80. The fourth-order valence-corrected chi connectivity index (χ4v) is 5.89. The number of hydrogen-bond acceptors (Lipinski definition) is 0. The van der Waals surface area contributed by atoms with Crippen LogP contribution in [0.15, 0.2) is 119 Å². The van der Waals surface area contributed by atoms with Crippen molar-refractivity contribution < 1.29 is 0 Å². The fraction of sp³-hybridized carbons (Fsp3) is 0.375. The topological polar surface area (TPSA) is 0 Å². The average molecular weight is 421 g/mol. The predicted molar refractivity (Wildman–Crippen MR) is 138 cm³/mol. The van der Waals surface area contributed by atoms with E-state index in [0.717, 1.165) is 24.7 Å². The van der Waals surface area contributed by atoms with Crippen LogP contribution in [0.5, 0.6) is 0 Å². The second-order valence-electron chi connectivity index (χ2n) is 10.5. The Kier molecular flexibility index (Phi) is 6.05. The summed E-state index contributed by atoms with van der Waals surface area (Å²) in [5.41, 5.74) is 9.40. The summed E-state index contributed by atoms with van der Waals surface area (Å²) in [7, 11) is 0. The standard InChI is InChI=1S/C32H36/c1-22-15-26(16-22)8-6-7-25-13-14-28-19-27(20-31(28)18-25)12-11-23(2)30-17-24(3)32-10-5-4-9-29(32)21-30/h4-5,9-10,13-14,17-22,26,31-32H,2-3,6-8,11-12,15-16H2,1H3. The molecule has 0 bridgehead atoms. The molecule has 0 N–H and O–H groups in total. The van der Waals surface area contributed by atoms with Gasteiger partial charge in [0.05, 0.1) is 0 Å². The Balaban J connectivity index is 1.14. The molecule has 32 heavy (non-hydrogen) atoms. The van der Waals surface area contributed by atoms with E-state index in [-0.39, 0.29) is 0 Å². The van der Waals surface area contributed by atoms with E-state index in [9.17, 15) is 0 Å². The van der Waals surface area contributed by atoms with Gasteiger partial charge in [-0.15, -0.1) is 0 Å². The van der Waals surface area contributed by atoms with E-state index in [0.29, 0.717) is 11.8 Å². The van der Waals surface area contributed by atoms with E-state index in [4.69, 9.17) is 0 Å². The minimum absolute atomic E-state index is 0.340. The van der Waals surface area contributed by atoms with E-state index in [1.165, 1.54) is 71.1 Å². The van der Waals surface area contributed by atoms with Gasteiger partial charge in [-0.05, 0) is 78.2 Å². The summed E-state index contributed by atoms with van der Waals surface area (Å²) in [4.78, 5) is 0. The molecule has 164 valence electrons. The van der Waals surface area contributed by atoms with Crippen LogP contribution in [0.4, 0.5) is 0 Å². The zero-order valence-corrected chi connectivity index (χ0v) is 19.5.